The Morgan fingerprint density at radius 2 is 2.05 bits per heavy atom. The van der Waals surface area contributed by atoms with Gasteiger partial charge in [-0.1, -0.05) is 32.0 Å². The van der Waals surface area contributed by atoms with Crippen LogP contribution in [0.3, 0.4) is 0 Å². The van der Waals surface area contributed by atoms with E-state index < -0.39 is 0 Å². The van der Waals surface area contributed by atoms with Gasteiger partial charge in [-0.25, -0.2) is 0 Å². The second kappa shape index (κ2) is 7.84. The molecule has 0 amide bonds. The monoisotopic (exact) mass is 287 g/mol. The maximum Gasteiger partial charge on any atom is 0.122 e. The molecule has 1 aromatic heterocycles. The highest BCUT2D eigenvalue weighted by Crippen LogP contribution is 2.25. The lowest BCUT2D eigenvalue weighted by Crippen LogP contribution is -2.26. The van der Waals surface area contributed by atoms with E-state index in [2.05, 4.69) is 47.1 Å². The summed E-state index contributed by atoms with van der Waals surface area (Å²) in [6.45, 7) is 6.19. The van der Waals surface area contributed by atoms with E-state index in [-0.39, 0.29) is 6.04 Å². The molecule has 1 unspecified atom stereocenters. The lowest BCUT2D eigenvalue weighted by molar-refractivity contribution is 0.403. The topological polar surface area (TPSA) is 39.1 Å². The van der Waals surface area contributed by atoms with Crippen molar-refractivity contribution in [2.45, 2.75) is 39.3 Å². The van der Waals surface area contributed by atoms with Gasteiger partial charge >= 0.3 is 0 Å². The number of aryl methyl sites for hydroxylation is 1. The third-order valence-corrected chi connectivity index (χ3v) is 3.61. The quantitative estimate of drug-likeness (QED) is 0.810. The Balaban J connectivity index is 2.24. The first kappa shape index (κ1) is 15.6. The molecule has 1 aromatic carbocycles. The van der Waals surface area contributed by atoms with Crippen molar-refractivity contribution in [3.8, 4) is 5.75 Å². The maximum atomic E-state index is 5.47. The lowest BCUT2D eigenvalue weighted by Gasteiger charge is -2.20. The molecular formula is C17H25N3O. The molecule has 0 spiro atoms. The number of nitrogens with zero attached hydrogens (tertiary/aromatic N) is 2. The summed E-state index contributed by atoms with van der Waals surface area (Å²) in [4.78, 5) is 0. The normalized spacial score (nSPS) is 12.3. The van der Waals surface area contributed by atoms with Crippen LogP contribution in [-0.2, 0) is 13.0 Å². The summed E-state index contributed by atoms with van der Waals surface area (Å²) >= 11 is 0. The Bertz CT molecular complexity index is 550. The summed E-state index contributed by atoms with van der Waals surface area (Å²) in [6, 6.07) is 10.6. The Kier molecular flexibility index (Phi) is 5.81. The van der Waals surface area contributed by atoms with Gasteiger partial charge in [-0.05, 0) is 37.1 Å². The molecule has 0 saturated heterocycles. The van der Waals surface area contributed by atoms with Crippen molar-refractivity contribution >= 4 is 0 Å². The summed E-state index contributed by atoms with van der Waals surface area (Å²) in [5.74, 6) is 0.946. The molecule has 4 heteroatoms. The van der Waals surface area contributed by atoms with Gasteiger partial charge in [0.25, 0.3) is 0 Å². The number of para-hydroxylation sites is 1. The highest BCUT2D eigenvalue weighted by molar-refractivity contribution is 5.34. The average molecular weight is 287 g/mol. The molecule has 2 aromatic rings. The van der Waals surface area contributed by atoms with E-state index in [1.165, 1.54) is 11.3 Å². The van der Waals surface area contributed by atoms with Crippen LogP contribution in [0.15, 0.2) is 36.5 Å². The molecule has 0 bridgehead atoms. The maximum absolute atomic E-state index is 5.47. The van der Waals surface area contributed by atoms with Gasteiger partial charge in [0.05, 0.1) is 18.8 Å². The fourth-order valence-electron chi connectivity index (χ4n) is 2.66. The van der Waals surface area contributed by atoms with Crippen LogP contribution < -0.4 is 10.1 Å². The van der Waals surface area contributed by atoms with E-state index in [1.54, 1.807) is 7.11 Å². The third-order valence-electron chi connectivity index (χ3n) is 3.61. The minimum Gasteiger partial charge on any atom is -0.496 e. The minimum atomic E-state index is 0.250. The molecule has 1 atom stereocenters. The number of ether oxygens (including phenoxy) is 1. The summed E-state index contributed by atoms with van der Waals surface area (Å²) in [5, 5.41) is 8.01. The second-order valence-electron chi connectivity index (χ2n) is 5.11. The minimum absolute atomic E-state index is 0.250. The molecule has 1 N–H and O–H groups in total. The van der Waals surface area contributed by atoms with Crippen molar-refractivity contribution in [3.63, 3.8) is 0 Å². The lowest BCUT2D eigenvalue weighted by atomic mass is 10.0. The van der Waals surface area contributed by atoms with E-state index in [9.17, 15) is 0 Å². The summed E-state index contributed by atoms with van der Waals surface area (Å²) in [6.07, 6.45) is 3.87. The average Bonchev–Trinajstić information content (AvgIpc) is 2.96. The van der Waals surface area contributed by atoms with E-state index in [4.69, 9.17) is 4.74 Å². The number of likely N-dealkylation sites (N-methyl/N-ethyl adjacent to an activating group) is 1. The molecular weight excluding hydrogens is 262 g/mol. The van der Waals surface area contributed by atoms with Crippen molar-refractivity contribution in [3.05, 3.63) is 47.8 Å². The van der Waals surface area contributed by atoms with Gasteiger partial charge in [-0.2, -0.15) is 5.10 Å². The molecule has 0 aliphatic carbocycles. The van der Waals surface area contributed by atoms with Gasteiger partial charge in [-0.15, -0.1) is 0 Å². The largest absolute Gasteiger partial charge is 0.496 e. The first-order valence-electron chi connectivity index (χ1n) is 7.67. The third kappa shape index (κ3) is 3.85. The smallest absolute Gasteiger partial charge is 0.122 e. The van der Waals surface area contributed by atoms with Crippen LogP contribution in [0.1, 0.15) is 37.6 Å². The predicted octanol–water partition coefficient (Wildman–Crippen LogP) is 3.20. The molecule has 0 aliphatic heterocycles. The Labute approximate surface area is 127 Å². The molecule has 0 aliphatic rings. The van der Waals surface area contributed by atoms with Crippen LogP contribution in [0.25, 0.3) is 0 Å². The number of hydrogen-bond donors (Lipinski definition) is 1. The van der Waals surface area contributed by atoms with Gasteiger partial charge in [0.2, 0.25) is 0 Å². The van der Waals surface area contributed by atoms with Gasteiger partial charge < -0.3 is 10.1 Å². The van der Waals surface area contributed by atoms with Gasteiger partial charge in [0, 0.05) is 12.7 Å². The summed E-state index contributed by atoms with van der Waals surface area (Å²) < 4.78 is 7.57. The van der Waals surface area contributed by atoms with Crippen molar-refractivity contribution in [1.29, 1.82) is 0 Å². The molecule has 21 heavy (non-hydrogen) atoms. The van der Waals surface area contributed by atoms with Crippen LogP contribution in [0.2, 0.25) is 0 Å². The Morgan fingerprint density at radius 1 is 1.24 bits per heavy atom. The van der Waals surface area contributed by atoms with E-state index >= 15 is 0 Å². The van der Waals surface area contributed by atoms with Crippen molar-refractivity contribution in [2.75, 3.05) is 13.7 Å². The number of aromatic nitrogens is 2. The number of benzene rings is 1. The molecule has 114 valence electrons. The van der Waals surface area contributed by atoms with E-state index in [0.29, 0.717) is 0 Å². The van der Waals surface area contributed by atoms with Crippen LogP contribution in [0.4, 0.5) is 0 Å². The van der Waals surface area contributed by atoms with Crippen LogP contribution in [0.5, 0.6) is 5.75 Å². The highest BCUT2D eigenvalue weighted by Gasteiger charge is 2.17. The van der Waals surface area contributed by atoms with E-state index in [1.807, 2.05) is 18.3 Å². The zero-order chi connectivity index (χ0) is 15.1. The molecule has 1 heterocycles. The summed E-state index contributed by atoms with van der Waals surface area (Å²) in [7, 11) is 1.72. The number of rotatable bonds is 8. The van der Waals surface area contributed by atoms with Crippen LogP contribution in [-0.4, -0.2) is 23.4 Å². The van der Waals surface area contributed by atoms with Gasteiger partial charge in [0.1, 0.15) is 5.75 Å². The van der Waals surface area contributed by atoms with Gasteiger partial charge in [0.15, 0.2) is 0 Å². The Hall–Kier alpha value is -1.81. The van der Waals surface area contributed by atoms with Crippen LogP contribution >= 0.6 is 0 Å². The van der Waals surface area contributed by atoms with Crippen molar-refractivity contribution < 1.29 is 4.74 Å². The zero-order valence-electron chi connectivity index (χ0n) is 13.2. The number of nitrogens with one attached hydrogen (secondary N) is 1. The molecule has 4 nitrogen and oxygen atoms in total. The van der Waals surface area contributed by atoms with Crippen molar-refractivity contribution in [1.82, 2.24) is 15.1 Å². The molecule has 0 radical (unpaired) electrons. The van der Waals surface area contributed by atoms with Crippen molar-refractivity contribution in [2.24, 2.45) is 0 Å². The SMILES string of the molecule is CCCn1nccc1C(Cc1ccccc1OC)NCC. The fourth-order valence-corrected chi connectivity index (χ4v) is 2.66. The first-order valence-corrected chi connectivity index (χ1v) is 7.67. The van der Waals surface area contributed by atoms with Crippen LogP contribution in [0, 0.1) is 0 Å². The fraction of sp³-hybridized carbons (Fsp3) is 0.471. The highest BCUT2D eigenvalue weighted by atomic mass is 16.5. The summed E-state index contributed by atoms with van der Waals surface area (Å²) in [5.41, 5.74) is 2.46. The predicted molar refractivity (Wildman–Crippen MR) is 85.6 cm³/mol. The first-order chi connectivity index (χ1) is 10.3. The number of methoxy groups -OCH3 is 1. The Morgan fingerprint density at radius 3 is 2.76 bits per heavy atom. The molecule has 2 rings (SSSR count). The second-order valence-corrected chi connectivity index (χ2v) is 5.11. The van der Waals surface area contributed by atoms with E-state index in [0.717, 1.165) is 31.7 Å². The molecule has 0 fully saturated rings. The number of hydrogen-bond acceptors (Lipinski definition) is 3. The standard InChI is InChI=1S/C17H25N3O/c1-4-12-20-16(10-11-19-20)15(18-5-2)13-14-8-6-7-9-17(14)21-3/h6-11,15,18H,4-5,12-13H2,1-3H3. The molecule has 0 saturated carbocycles. The zero-order valence-corrected chi connectivity index (χ0v) is 13.2. The van der Waals surface area contributed by atoms with Gasteiger partial charge in [-0.3, -0.25) is 4.68 Å².